The number of ketones is 1. The van der Waals surface area contributed by atoms with Crippen LogP contribution in [-0.2, 0) is 14.3 Å². The van der Waals surface area contributed by atoms with Crippen LogP contribution in [0, 0.1) is 5.41 Å². The Kier molecular flexibility index (Phi) is 6.63. The third kappa shape index (κ3) is 4.32. The average molecular weight is 386 g/mol. The third-order valence-corrected chi connectivity index (χ3v) is 5.43. The van der Waals surface area contributed by atoms with Gasteiger partial charge in [-0.1, -0.05) is 19.9 Å². The van der Waals surface area contributed by atoms with Gasteiger partial charge in [0, 0.05) is 11.8 Å². The van der Waals surface area contributed by atoms with Gasteiger partial charge in [-0.05, 0) is 31.6 Å². The highest BCUT2D eigenvalue weighted by atomic mass is 16.7. The number of carbonyl (C=O) groups is 1. The predicted molar refractivity (Wildman–Crippen MR) is 95.6 cm³/mol. The molecule has 8 heteroatoms. The summed E-state index contributed by atoms with van der Waals surface area (Å²) in [6, 6.07) is 0. The summed E-state index contributed by atoms with van der Waals surface area (Å²) in [6.07, 6.45) is -2.64. The van der Waals surface area contributed by atoms with Crippen molar-refractivity contribution in [2.75, 3.05) is 6.61 Å². The lowest BCUT2D eigenvalue weighted by Gasteiger charge is -2.44. The Balaban J connectivity index is 2.11. The molecule has 0 aromatic rings. The van der Waals surface area contributed by atoms with Gasteiger partial charge < -0.3 is 35.0 Å². The summed E-state index contributed by atoms with van der Waals surface area (Å²) in [4.78, 5) is 11.8. The van der Waals surface area contributed by atoms with Crippen LogP contribution in [0.15, 0.2) is 23.8 Å². The molecule has 0 unspecified atom stereocenters. The van der Waals surface area contributed by atoms with Gasteiger partial charge in [-0.25, -0.2) is 0 Å². The van der Waals surface area contributed by atoms with Crippen molar-refractivity contribution >= 4 is 5.78 Å². The van der Waals surface area contributed by atoms with Crippen molar-refractivity contribution in [1.82, 2.24) is 0 Å². The molecule has 0 amide bonds. The second-order valence-corrected chi connectivity index (χ2v) is 8.02. The molecule has 1 heterocycles. The van der Waals surface area contributed by atoms with Crippen LogP contribution in [0.4, 0.5) is 0 Å². The first-order valence-electron chi connectivity index (χ1n) is 9.02. The molecular formula is C19H30O8. The number of aliphatic hydroxyl groups excluding tert-OH is 4. The van der Waals surface area contributed by atoms with Gasteiger partial charge in [0.25, 0.3) is 0 Å². The number of ether oxygens (including phenoxy) is 2. The van der Waals surface area contributed by atoms with Crippen LogP contribution in [0.1, 0.15) is 34.1 Å². The first-order chi connectivity index (χ1) is 12.4. The minimum Gasteiger partial charge on any atom is -0.394 e. The number of aliphatic hydroxyl groups is 5. The van der Waals surface area contributed by atoms with Crippen LogP contribution in [-0.4, -0.2) is 80.3 Å². The number of allylic oxidation sites excluding steroid dienone is 1. The van der Waals surface area contributed by atoms with Crippen molar-refractivity contribution in [3.63, 3.8) is 0 Å². The number of hydrogen-bond donors (Lipinski definition) is 5. The molecule has 1 aliphatic heterocycles. The first kappa shape index (κ1) is 22.2. The maximum atomic E-state index is 11.8. The maximum absolute atomic E-state index is 11.8. The monoisotopic (exact) mass is 386 g/mol. The van der Waals surface area contributed by atoms with Crippen LogP contribution in [0.3, 0.4) is 0 Å². The number of carbonyl (C=O) groups excluding carboxylic acids is 1. The summed E-state index contributed by atoms with van der Waals surface area (Å²) in [5.41, 5.74) is -1.52. The quantitative estimate of drug-likeness (QED) is 0.396. The number of rotatable bonds is 5. The average Bonchev–Trinajstić information content (AvgIpc) is 2.58. The van der Waals surface area contributed by atoms with E-state index in [0.29, 0.717) is 5.57 Å². The van der Waals surface area contributed by atoms with E-state index < -0.39 is 54.4 Å². The summed E-state index contributed by atoms with van der Waals surface area (Å²) >= 11 is 0. The summed E-state index contributed by atoms with van der Waals surface area (Å²) in [6.45, 7) is 6.40. The highest BCUT2D eigenvalue weighted by Gasteiger charge is 2.47. The smallest absolute Gasteiger partial charge is 0.187 e. The van der Waals surface area contributed by atoms with E-state index >= 15 is 0 Å². The lowest BCUT2D eigenvalue weighted by Crippen LogP contribution is -2.59. The summed E-state index contributed by atoms with van der Waals surface area (Å²) < 4.78 is 10.9. The summed E-state index contributed by atoms with van der Waals surface area (Å²) in [5, 5.41) is 50.0. The minimum absolute atomic E-state index is 0.0406. The van der Waals surface area contributed by atoms with Crippen LogP contribution >= 0.6 is 0 Å². The van der Waals surface area contributed by atoms with Crippen molar-refractivity contribution in [2.24, 2.45) is 5.41 Å². The normalized spacial score (nSPS) is 40.9. The van der Waals surface area contributed by atoms with E-state index in [4.69, 9.17) is 9.47 Å². The van der Waals surface area contributed by atoms with Crippen LogP contribution in [0.25, 0.3) is 0 Å². The topological polar surface area (TPSA) is 137 Å². The maximum Gasteiger partial charge on any atom is 0.187 e. The Labute approximate surface area is 158 Å². The van der Waals surface area contributed by atoms with Gasteiger partial charge in [-0.3, -0.25) is 4.79 Å². The predicted octanol–water partition coefficient (Wildman–Crippen LogP) is -0.576. The van der Waals surface area contributed by atoms with E-state index in [2.05, 4.69) is 0 Å². The van der Waals surface area contributed by atoms with Gasteiger partial charge in [0.15, 0.2) is 12.1 Å². The van der Waals surface area contributed by atoms with Gasteiger partial charge in [0.2, 0.25) is 0 Å². The van der Waals surface area contributed by atoms with Crippen molar-refractivity contribution in [3.8, 4) is 0 Å². The molecule has 2 rings (SSSR count). The molecule has 27 heavy (non-hydrogen) atoms. The fourth-order valence-corrected chi connectivity index (χ4v) is 3.58. The van der Waals surface area contributed by atoms with E-state index in [-0.39, 0.29) is 12.2 Å². The molecule has 0 aromatic carbocycles. The highest BCUT2D eigenvalue weighted by Crippen LogP contribution is 2.44. The molecule has 0 aromatic heterocycles. The van der Waals surface area contributed by atoms with Crippen molar-refractivity contribution in [2.45, 2.75) is 76.5 Å². The van der Waals surface area contributed by atoms with E-state index in [0.717, 1.165) is 0 Å². The SMILES string of the molecule is CC1=CC(=O)CC(C)(C)[C@@]1(O)/C=C\[C@@H](C)O[C@@H]1O[C@@H](CO)[C@H](O)[C@@H](O)[C@@H]1O. The largest absolute Gasteiger partial charge is 0.394 e. The molecule has 0 saturated carbocycles. The van der Waals surface area contributed by atoms with E-state index in [1.807, 2.05) is 0 Å². The molecule has 1 saturated heterocycles. The van der Waals surface area contributed by atoms with Gasteiger partial charge in [0.05, 0.1) is 12.7 Å². The molecule has 1 aliphatic carbocycles. The summed E-state index contributed by atoms with van der Waals surface area (Å²) in [7, 11) is 0. The molecule has 0 bridgehead atoms. The molecule has 8 nitrogen and oxygen atoms in total. The Morgan fingerprint density at radius 1 is 1.30 bits per heavy atom. The lowest BCUT2D eigenvalue weighted by molar-refractivity contribution is -0.306. The standard InChI is InChI=1S/C19H30O8/c1-10-7-12(21)8-18(3,4)19(10,25)6-5-11(2)26-17-16(24)15(23)14(22)13(9-20)27-17/h5-7,11,13-17,20,22-25H,8-9H2,1-4H3/b6-5-/t11-,13+,14+,15-,16+,17-,19-/m1/s1. The first-order valence-corrected chi connectivity index (χ1v) is 9.02. The van der Waals surface area contributed by atoms with Crippen LogP contribution < -0.4 is 0 Å². The Morgan fingerprint density at radius 2 is 1.93 bits per heavy atom. The molecule has 0 spiro atoms. The Bertz CT molecular complexity index is 611. The van der Waals surface area contributed by atoms with Crippen molar-refractivity contribution in [3.05, 3.63) is 23.8 Å². The Hall–Kier alpha value is -1.13. The lowest BCUT2D eigenvalue weighted by atomic mass is 9.64. The minimum atomic E-state index is -1.52. The third-order valence-electron chi connectivity index (χ3n) is 5.43. The molecule has 5 N–H and O–H groups in total. The molecule has 1 fully saturated rings. The zero-order valence-corrected chi connectivity index (χ0v) is 16.1. The van der Waals surface area contributed by atoms with Gasteiger partial charge in [-0.15, -0.1) is 0 Å². The van der Waals surface area contributed by atoms with E-state index in [1.54, 1.807) is 39.8 Å². The van der Waals surface area contributed by atoms with Crippen LogP contribution in [0.2, 0.25) is 0 Å². The van der Waals surface area contributed by atoms with Crippen LogP contribution in [0.5, 0.6) is 0 Å². The molecule has 0 radical (unpaired) electrons. The summed E-state index contributed by atoms with van der Waals surface area (Å²) in [5.74, 6) is -0.0406. The molecule has 7 atom stereocenters. The molecular weight excluding hydrogens is 356 g/mol. The number of hydrogen-bond acceptors (Lipinski definition) is 8. The van der Waals surface area contributed by atoms with Gasteiger partial charge in [0.1, 0.15) is 30.0 Å². The second kappa shape index (κ2) is 8.08. The Morgan fingerprint density at radius 3 is 2.48 bits per heavy atom. The molecule has 2 aliphatic rings. The van der Waals surface area contributed by atoms with Crippen molar-refractivity contribution in [1.29, 1.82) is 0 Å². The zero-order valence-electron chi connectivity index (χ0n) is 16.1. The fourth-order valence-electron chi connectivity index (χ4n) is 3.58. The van der Waals surface area contributed by atoms with E-state index in [9.17, 15) is 30.3 Å². The van der Waals surface area contributed by atoms with Gasteiger partial charge >= 0.3 is 0 Å². The second-order valence-electron chi connectivity index (χ2n) is 8.02. The van der Waals surface area contributed by atoms with Gasteiger partial charge in [-0.2, -0.15) is 0 Å². The van der Waals surface area contributed by atoms with Crippen molar-refractivity contribution < 1.29 is 39.8 Å². The molecule has 154 valence electrons. The fraction of sp³-hybridized carbons (Fsp3) is 0.737. The highest BCUT2D eigenvalue weighted by molar-refractivity contribution is 5.92. The zero-order chi connectivity index (χ0) is 20.6. The van der Waals surface area contributed by atoms with E-state index in [1.165, 1.54) is 6.08 Å².